The zero-order chi connectivity index (χ0) is 8.43. The van der Waals surface area contributed by atoms with Crippen LogP contribution in [-0.4, -0.2) is 34.6 Å². The Kier molecular flexibility index (Phi) is 2.49. The molecule has 0 bridgehead atoms. The van der Waals surface area contributed by atoms with E-state index in [4.69, 9.17) is 5.11 Å². The standard InChI is InChI=1S/C8H15NO2/c1-6-3-4-8(11)9(6)7(2)5-10/h6-7,10H,3-5H2,1-2H3. The fourth-order valence-corrected chi connectivity index (χ4v) is 1.61. The monoisotopic (exact) mass is 157 g/mol. The highest BCUT2D eigenvalue weighted by Crippen LogP contribution is 2.20. The second-order valence-corrected chi connectivity index (χ2v) is 3.22. The molecule has 1 N–H and O–H groups in total. The third-order valence-electron chi connectivity index (χ3n) is 2.28. The summed E-state index contributed by atoms with van der Waals surface area (Å²) >= 11 is 0. The van der Waals surface area contributed by atoms with Gasteiger partial charge in [-0.2, -0.15) is 0 Å². The number of amides is 1. The molecule has 0 radical (unpaired) electrons. The molecule has 0 saturated carbocycles. The van der Waals surface area contributed by atoms with Crippen molar-refractivity contribution in [1.82, 2.24) is 4.90 Å². The van der Waals surface area contributed by atoms with Crippen molar-refractivity contribution in [3.8, 4) is 0 Å². The molecule has 3 heteroatoms. The minimum Gasteiger partial charge on any atom is -0.394 e. The van der Waals surface area contributed by atoms with Crippen molar-refractivity contribution in [3.05, 3.63) is 0 Å². The first-order valence-corrected chi connectivity index (χ1v) is 4.09. The minimum atomic E-state index is -0.0139. The van der Waals surface area contributed by atoms with E-state index >= 15 is 0 Å². The molecule has 1 heterocycles. The van der Waals surface area contributed by atoms with Gasteiger partial charge in [0.05, 0.1) is 12.6 Å². The Morgan fingerprint density at radius 1 is 1.82 bits per heavy atom. The van der Waals surface area contributed by atoms with Crippen LogP contribution in [0.4, 0.5) is 0 Å². The van der Waals surface area contributed by atoms with E-state index in [-0.39, 0.29) is 18.6 Å². The van der Waals surface area contributed by atoms with Gasteiger partial charge in [0.2, 0.25) is 5.91 Å². The quantitative estimate of drug-likeness (QED) is 0.629. The van der Waals surface area contributed by atoms with Crippen LogP contribution in [0.2, 0.25) is 0 Å². The number of aliphatic hydroxyl groups excluding tert-OH is 1. The van der Waals surface area contributed by atoms with Crippen molar-refractivity contribution < 1.29 is 9.90 Å². The lowest BCUT2D eigenvalue weighted by atomic mass is 10.2. The maximum atomic E-state index is 11.2. The molecule has 0 aromatic carbocycles. The fourth-order valence-electron chi connectivity index (χ4n) is 1.61. The van der Waals surface area contributed by atoms with Gasteiger partial charge in [-0.3, -0.25) is 4.79 Å². The van der Waals surface area contributed by atoms with Gasteiger partial charge in [0.25, 0.3) is 0 Å². The third kappa shape index (κ3) is 1.53. The Hall–Kier alpha value is -0.570. The van der Waals surface area contributed by atoms with Crippen molar-refractivity contribution >= 4 is 5.91 Å². The van der Waals surface area contributed by atoms with Crippen LogP contribution in [0.1, 0.15) is 26.7 Å². The molecule has 1 aliphatic rings. The zero-order valence-electron chi connectivity index (χ0n) is 7.08. The van der Waals surface area contributed by atoms with Crippen LogP contribution in [0.25, 0.3) is 0 Å². The molecular weight excluding hydrogens is 142 g/mol. The first-order valence-electron chi connectivity index (χ1n) is 4.09. The first kappa shape index (κ1) is 8.53. The number of hydrogen-bond acceptors (Lipinski definition) is 2. The predicted octanol–water partition coefficient (Wildman–Crippen LogP) is 0.378. The van der Waals surface area contributed by atoms with E-state index in [9.17, 15) is 4.79 Å². The number of likely N-dealkylation sites (tertiary alicyclic amines) is 1. The summed E-state index contributed by atoms with van der Waals surface area (Å²) < 4.78 is 0. The minimum absolute atomic E-state index is 0.0139. The van der Waals surface area contributed by atoms with Crippen LogP contribution in [0.5, 0.6) is 0 Å². The molecule has 11 heavy (non-hydrogen) atoms. The van der Waals surface area contributed by atoms with Gasteiger partial charge in [0.15, 0.2) is 0 Å². The maximum absolute atomic E-state index is 11.2. The molecule has 1 aliphatic heterocycles. The van der Waals surface area contributed by atoms with E-state index in [1.54, 1.807) is 4.90 Å². The number of hydrogen-bond donors (Lipinski definition) is 1. The summed E-state index contributed by atoms with van der Waals surface area (Å²) in [5.41, 5.74) is 0. The Labute approximate surface area is 67.0 Å². The molecule has 0 aliphatic carbocycles. The Morgan fingerprint density at radius 2 is 2.45 bits per heavy atom. The summed E-state index contributed by atoms with van der Waals surface area (Å²) in [5, 5.41) is 8.84. The largest absolute Gasteiger partial charge is 0.394 e. The van der Waals surface area contributed by atoms with Crippen molar-refractivity contribution in [1.29, 1.82) is 0 Å². The van der Waals surface area contributed by atoms with Gasteiger partial charge in [-0.1, -0.05) is 0 Å². The van der Waals surface area contributed by atoms with E-state index in [0.717, 1.165) is 6.42 Å². The lowest BCUT2D eigenvalue weighted by Gasteiger charge is -2.27. The second kappa shape index (κ2) is 3.22. The average Bonchev–Trinajstić information content (AvgIpc) is 2.30. The molecule has 0 aromatic heterocycles. The molecule has 1 saturated heterocycles. The van der Waals surface area contributed by atoms with E-state index in [1.165, 1.54) is 0 Å². The lowest BCUT2D eigenvalue weighted by Crippen LogP contribution is -2.40. The molecule has 3 nitrogen and oxygen atoms in total. The first-order chi connectivity index (χ1) is 5.16. The van der Waals surface area contributed by atoms with Crippen molar-refractivity contribution in [2.24, 2.45) is 0 Å². The van der Waals surface area contributed by atoms with E-state index in [0.29, 0.717) is 12.5 Å². The Morgan fingerprint density at radius 3 is 2.82 bits per heavy atom. The summed E-state index contributed by atoms with van der Waals surface area (Å²) in [5.74, 6) is 0.180. The Bertz CT molecular complexity index is 158. The highest BCUT2D eigenvalue weighted by atomic mass is 16.3. The van der Waals surface area contributed by atoms with Crippen molar-refractivity contribution in [2.75, 3.05) is 6.61 Å². The molecule has 1 rings (SSSR count). The Balaban J connectivity index is 2.60. The number of nitrogens with zero attached hydrogens (tertiary/aromatic N) is 1. The zero-order valence-corrected chi connectivity index (χ0v) is 7.08. The highest BCUT2D eigenvalue weighted by molar-refractivity contribution is 5.79. The van der Waals surface area contributed by atoms with Gasteiger partial charge >= 0.3 is 0 Å². The molecular formula is C8H15NO2. The normalized spacial score (nSPS) is 27.7. The lowest BCUT2D eigenvalue weighted by molar-refractivity contribution is -0.131. The molecule has 2 unspecified atom stereocenters. The van der Waals surface area contributed by atoms with Crippen LogP contribution in [0.3, 0.4) is 0 Å². The van der Waals surface area contributed by atoms with Crippen molar-refractivity contribution in [2.45, 2.75) is 38.8 Å². The fraction of sp³-hybridized carbons (Fsp3) is 0.875. The molecule has 0 spiro atoms. The SMILES string of the molecule is CC(CO)N1C(=O)CCC1C. The van der Waals surface area contributed by atoms with Gasteiger partial charge in [-0.15, -0.1) is 0 Å². The molecule has 2 atom stereocenters. The topological polar surface area (TPSA) is 40.5 Å². The van der Waals surface area contributed by atoms with Gasteiger partial charge < -0.3 is 10.0 Å². The molecule has 1 amide bonds. The van der Waals surface area contributed by atoms with E-state index < -0.39 is 0 Å². The summed E-state index contributed by atoms with van der Waals surface area (Å²) in [6.07, 6.45) is 1.58. The maximum Gasteiger partial charge on any atom is 0.223 e. The third-order valence-corrected chi connectivity index (χ3v) is 2.28. The van der Waals surface area contributed by atoms with Gasteiger partial charge in [0, 0.05) is 12.5 Å². The van der Waals surface area contributed by atoms with Crippen LogP contribution >= 0.6 is 0 Å². The van der Waals surface area contributed by atoms with Crippen LogP contribution in [-0.2, 0) is 4.79 Å². The average molecular weight is 157 g/mol. The number of carbonyl (C=O) groups is 1. The molecule has 0 aromatic rings. The summed E-state index contributed by atoms with van der Waals surface area (Å²) in [6, 6.07) is 0.296. The summed E-state index contributed by atoms with van der Waals surface area (Å²) in [6.45, 7) is 3.97. The van der Waals surface area contributed by atoms with Gasteiger partial charge in [-0.05, 0) is 20.3 Å². The smallest absolute Gasteiger partial charge is 0.223 e. The highest BCUT2D eigenvalue weighted by Gasteiger charge is 2.30. The van der Waals surface area contributed by atoms with E-state index in [2.05, 4.69) is 0 Å². The van der Waals surface area contributed by atoms with Crippen molar-refractivity contribution in [3.63, 3.8) is 0 Å². The van der Waals surface area contributed by atoms with Crippen LogP contribution in [0, 0.1) is 0 Å². The summed E-state index contributed by atoms with van der Waals surface area (Å²) in [4.78, 5) is 13.0. The predicted molar refractivity (Wildman–Crippen MR) is 42.1 cm³/mol. The number of rotatable bonds is 2. The number of aliphatic hydroxyl groups is 1. The van der Waals surface area contributed by atoms with Gasteiger partial charge in [-0.25, -0.2) is 0 Å². The van der Waals surface area contributed by atoms with Crippen LogP contribution in [0.15, 0.2) is 0 Å². The molecule has 64 valence electrons. The summed E-state index contributed by atoms with van der Waals surface area (Å²) in [7, 11) is 0. The van der Waals surface area contributed by atoms with Crippen LogP contribution < -0.4 is 0 Å². The second-order valence-electron chi connectivity index (χ2n) is 3.22. The van der Waals surface area contributed by atoms with Gasteiger partial charge in [0.1, 0.15) is 0 Å². The van der Waals surface area contributed by atoms with E-state index in [1.807, 2.05) is 13.8 Å². The number of carbonyl (C=O) groups excluding carboxylic acids is 1. The molecule has 1 fully saturated rings.